The fraction of sp³-hybridized carbons (Fsp3) is 0.500. The lowest BCUT2D eigenvalue weighted by Gasteiger charge is -1.90. The van der Waals surface area contributed by atoms with E-state index < -0.39 is 20.5 Å². The molecule has 0 N–H and O–H groups in total. The van der Waals surface area contributed by atoms with E-state index in [1.807, 2.05) is 0 Å². The van der Waals surface area contributed by atoms with Gasteiger partial charge < -0.3 is 4.55 Å². The molecule has 0 amide bonds. The highest BCUT2D eigenvalue weighted by molar-refractivity contribution is 7.85. The van der Waals surface area contributed by atoms with Gasteiger partial charge in [0.1, 0.15) is 12.4 Å². The molecule has 1 aromatic heterocycles. The molecule has 0 radical (unpaired) electrons. The average molecular weight is 274 g/mol. The number of aryl methyl sites for hydroxylation is 1. The number of aromatic nitrogens is 2. The lowest BCUT2D eigenvalue weighted by atomic mass is 10.7. The van der Waals surface area contributed by atoms with E-state index in [1.54, 1.807) is 7.05 Å². The maximum atomic E-state index is 12.3. The Morgan fingerprint density at radius 3 is 1.88 bits per heavy atom. The van der Waals surface area contributed by atoms with Crippen LogP contribution < -0.4 is 4.57 Å². The molecule has 0 aliphatic carbocycles. The fourth-order valence-electron chi connectivity index (χ4n) is 0.762. The molecule has 0 fully saturated rings. The second-order valence-electron chi connectivity index (χ2n) is 2.90. The highest BCUT2D eigenvalue weighted by atomic mass is 32.3. The first-order valence-electron chi connectivity index (χ1n) is 3.82. The molecule has 0 saturated carbocycles. The van der Waals surface area contributed by atoms with E-state index in [0.717, 1.165) is 6.20 Å². The standard InChI is InChI=1S/C5H8FN2O2S.CH4O3S/c1-5-7(2)3-4-8(5)11(6,9)10;1-5(2,3)4/h3-4H,1-2H3;1H3,(H,2,3,4)/q+1;/p-1. The van der Waals surface area contributed by atoms with E-state index in [0.29, 0.717) is 16.1 Å². The summed E-state index contributed by atoms with van der Waals surface area (Å²) in [4.78, 5) is 0. The molecule has 10 heteroatoms. The molecule has 16 heavy (non-hydrogen) atoms. The molecular formula is C6H11FN2O5S2. The summed E-state index contributed by atoms with van der Waals surface area (Å²) in [6, 6.07) is 0. The van der Waals surface area contributed by atoms with Crippen molar-refractivity contribution in [3.8, 4) is 0 Å². The van der Waals surface area contributed by atoms with Crippen LogP contribution in [0, 0.1) is 6.92 Å². The zero-order chi connectivity index (χ0) is 13.1. The second kappa shape index (κ2) is 4.89. The van der Waals surface area contributed by atoms with Crippen molar-refractivity contribution in [3.05, 3.63) is 18.2 Å². The number of nitrogens with zero attached hydrogens (tertiary/aromatic N) is 2. The first kappa shape index (κ1) is 15.0. The molecule has 0 aliphatic rings. The Bertz CT molecular complexity index is 552. The highest BCUT2D eigenvalue weighted by Crippen LogP contribution is 2.00. The Morgan fingerprint density at radius 1 is 1.38 bits per heavy atom. The minimum Gasteiger partial charge on any atom is -0.748 e. The van der Waals surface area contributed by atoms with Gasteiger partial charge in [-0.1, -0.05) is 7.86 Å². The first-order valence-corrected chi connectivity index (χ1v) is 6.98. The minimum atomic E-state index is -4.62. The Labute approximate surface area is 93.2 Å². The zero-order valence-corrected chi connectivity index (χ0v) is 10.4. The van der Waals surface area contributed by atoms with Gasteiger partial charge in [0.05, 0.1) is 17.2 Å². The zero-order valence-electron chi connectivity index (χ0n) is 8.78. The van der Waals surface area contributed by atoms with E-state index >= 15 is 0 Å². The van der Waals surface area contributed by atoms with Gasteiger partial charge in [0.25, 0.3) is 5.82 Å². The van der Waals surface area contributed by atoms with E-state index in [1.165, 1.54) is 17.7 Å². The van der Waals surface area contributed by atoms with Crippen molar-refractivity contribution in [2.24, 2.45) is 7.05 Å². The lowest BCUT2D eigenvalue weighted by Crippen LogP contribution is -2.30. The second-order valence-corrected chi connectivity index (χ2v) is 5.52. The van der Waals surface area contributed by atoms with Crippen molar-refractivity contribution in [1.29, 1.82) is 0 Å². The van der Waals surface area contributed by atoms with Crippen molar-refractivity contribution in [2.45, 2.75) is 6.92 Å². The van der Waals surface area contributed by atoms with E-state index in [4.69, 9.17) is 13.0 Å². The van der Waals surface area contributed by atoms with Crippen molar-refractivity contribution in [2.75, 3.05) is 6.26 Å². The van der Waals surface area contributed by atoms with Gasteiger partial charge in [-0.2, -0.15) is 8.42 Å². The maximum Gasteiger partial charge on any atom is 0.480 e. The smallest absolute Gasteiger partial charge is 0.480 e. The van der Waals surface area contributed by atoms with Gasteiger partial charge in [-0.15, -0.1) is 0 Å². The minimum absolute atomic E-state index is 0.326. The number of rotatable bonds is 1. The van der Waals surface area contributed by atoms with Crippen LogP contribution in [0.3, 0.4) is 0 Å². The number of imidazole rings is 1. The molecule has 1 rings (SSSR count). The van der Waals surface area contributed by atoms with Gasteiger partial charge in [-0.3, -0.25) is 0 Å². The van der Waals surface area contributed by atoms with Crippen LogP contribution in [0.1, 0.15) is 5.82 Å². The Kier molecular flexibility index (Phi) is 4.58. The number of halogens is 1. The summed E-state index contributed by atoms with van der Waals surface area (Å²) in [6.45, 7) is 1.51. The number of hydrogen-bond donors (Lipinski definition) is 0. The van der Waals surface area contributed by atoms with E-state index in [9.17, 15) is 12.3 Å². The monoisotopic (exact) mass is 274 g/mol. The van der Waals surface area contributed by atoms with Crippen LogP contribution in [0.4, 0.5) is 3.89 Å². The van der Waals surface area contributed by atoms with Crippen molar-refractivity contribution in [1.82, 2.24) is 3.97 Å². The third-order valence-corrected chi connectivity index (χ3v) is 2.35. The van der Waals surface area contributed by atoms with Gasteiger partial charge in [0.15, 0.2) is 0 Å². The van der Waals surface area contributed by atoms with Crippen LogP contribution in [-0.4, -0.2) is 31.6 Å². The molecule has 0 bridgehead atoms. The topological polar surface area (TPSA) is 100 Å². The summed E-state index contributed by atoms with van der Waals surface area (Å²) >= 11 is 0. The summed E-state index contributed by atoms with van der Waals surface area (Å²) in [6.07, 6.45) is 3.23. The molecule has 0 saturated heterocycles. The number of hydrogen-bond acceptors (Lipinski definition) is 5. The Hall–Kier alpha value is -1.00. The van der Waals surface area contributed by atoms with Crippen LogP contribution in [0.15, 0.2) is 12.4 Å². The molecule has 0 aliphatic heterocycles. The predicted octanol–water partition coefficient (Wildman–Crippen LogP) is -1.16. The van der Waals surface area contributed by atoms with Gasteiger partial charge in [0.2, 0.25) is 0 Å². The largest absolute Gasteiger partial charge is 0.748 e. The molecular weight excluding hydrogens is 263 g/mol. The summed E-state index contributed by atoms with van der Waals surface area (Å²) in [5.74, 6) is 0.326. The summed E-state index contributed by atoms with van der Waals surface area (Å²) in [5.41, 5.74) is 0. The molecule has 7 nitrogen and oxygen atoms in total. The first-order chi connectivity index (χ1) is 6.93. The summed E-state index contributed by atoms with van der Waals surface area (Å²) in [5, 5.41) is 0. The highest BCUT2D eigenvalue weighted by Gasteiger charge is 2.21. The van der Waals surface area contributed by atoms with E-state index in [2.05, 4.69) is 0 Å². The van der Waals surface area contributed by atoms with Gasteiger partial charge >= 0.3 is 10.4 Å². The van der Waals surface area contributed by atoms with Gasteiger partial charge in [-0.05, 0) is 0 Å². The van der Waals surface area contributed by atoms with Gasteiger partial charge in [0, 0.05) is 13.2 Å². The van der Waals surface area contributed by atoms with Crippen LogP contribution in [0.2, 0.25) is 0 Å². The SMILES string of the molecule is CS(=O)(=O)[O-].Cc1n(S(=O)(=O)F)cc[n+]1C. The normalized spacial score (nSPS) is 11.8. The Balaban J connectivity index is 0.000000385. The fourth-order valence-corrected chi connectivity index (χ4v) is 1.41. The average Bonchev–Trinajstić information content (AvgIpc) is 2.27. The van der Waals surface area contributed by atoms with Gasteiger partial charge in [-0.25, -0.2) is 13.0 Å². The molecule has 0 unspecified atom stereocenters. The van der Waals surface area contributed by atoms with Crippen molar-refractivity contribution < 1.29 is 29.8 Å². The third-order valence-electron chi connectivity index (χ3n) is 1.49. The van der Waals surface area contributed by atoms with Crippen LogP contribution in [0.25, 0.3) is 0 Å². The molecule has 0 atom stereocenters. The molecule has 1 aromatic rings. The summed E-state index contributed by atoms with van der Waals surface area (Å²) in [7, 11) is -6.90. The van der Waals surface area contributed by atoms with Crippen molar-refractivity contribution in [3.63, 3.8) is 0 Å². The molecule has 0 spiro atoms. The summed E-state index contributed by atoms with van der Waals surface area (Å²) < 4.78 is 62.3. The van der Waals surface area contributed by atoms with E-state index in [-0.39, 0.29) is 0 Å². The van der Waals surface area contributed by atoms with Crippen molar-refractivity contribution >= 4 is 20.5 Å². The molecule has 0 aromatic carbocycles. The van der Waals surface area contributed by atoms with Crippen LogP contribution in [-0.2, 0) is 27.6 Å². The quantitative estimate of drug-likeness (QED) is 0.365. The lowest BCUT2D eigenvalue weighted by molar-refractivity contribution is -0.676. The maximum absolute atomic E-state index is 12.3. The Morgan fingerprint density at radius 2 is 1.75 bits per heavy atom. The molecule has 94 valence electrons. The third kappa shape index (κ3) is 5.78. The van der Waals surface area contributed by atoms with Crippen LogP contribution in [0.5, 0.6) is 0 Å². The van der Waals surface area contributed by atoms with Crippen LogP contribution >= 0.6 is 0 Å². The predicted molar refractivity (Wildman–Crippen MR) is 51.4 cm³/mol. The molecule has 1 heterocycles.